The van der Waals surface area contributed by atoms with Gasteiger partial charge in [0.1, 0.15) is 5.75 Å². The molecular formula is C21H20N2O5S. The van der Waals surface area contributed by atoms with Crippen molar-refractivity contribution in [3.63, 3.8) is 0 Å². The van der Waals surface area contributed by atoms with E-state index in [1.165, 1.54) is 6.07 Å². The lowest BCUT2D eigenvalue weighted by Crippen LogP contribution is -2.27. The quantitative estimate of drug-likeness (QED) is 0.361. The smallest absolute Gasteiger partial charge is 0.293 e. The Morgan fingerprint density at radius 1 is 1.17 bits per heavy atom. The molecule has 0 bridgehead atoms. The lowest BCUT2D eigenvalue weighted by molar-refractivity contribution is -0.385. The van der Waals surface area contributed by atoms with Crippen LogP contribution in [0, 0.1) is 10.1 Å². The van der Waals surface area contributed by atoms with Crippen LogP contribution in [0.25, 0.3) is 6.08 Å². The number of nitro groups is 1. The number of nitro benzene ring substituents is 1. The van der Waals surface area contributed by atoms with Gasteiger partial charge in [0.05, 0.1) is 22.5 Å². The molecule has 0 N–H and O–H groups in total. The third-order valence-corrected chi connectivity index (χ3v) is 5.41. The number of carbonyl (C=O) groups is 2. The summed E-state index contributed by atoms with van der Waals surface area (Å²) in [5.74, 6) is 0.156. The second kappa shape index (κ2) is 8.91. The Morgan fingerprint density at radius 2 is 1.86 bits per heavy atom. The second-order valence-corrected chi connectivity index (χ2v) is 7.52. The van der Waals surface area contributed by atoms with Crippen LogP contribution in [0.5, 0.6) is 5.75 Å². The molecule has 7 nitrogen and oxygen atoms in total. The van der Waals surface area contributed by atoms with Crippen molar-refractivity contribution in [1.82, 2.24) is 4.90 Å². The van der Waals surface area contributed by atoms with Crippen molar-refractivity contribution in [2.45, 2.75) is 32.9 Å². The Balaban J connectivity index is 1.86. The van der Waals surface area contributed by atoms with Gasteiger partial charge in [0.25, 0.3) is 16.8 Å². The van der Waals surface area contributed by atoms with Crippen molar-refractivity contribution in [1.29, 1.82) is 0 Å². The van der Waals surface area contributed by atoms with Crippen molar-refractivity contribution < 1.29 is 19.2 Å². The van der Waals surface area contributed by atoms with E-state index in [-0.39, 0.29) is 23.2 Å². The van der Waals surface area contributed by atoms with E-state index < -0.39 is 16.1 Å². The number of hydrogen-bond donors (Lipinski definition) is 0. The number of para-hydroxylation sites is 2. The minimum atomic E-state index is -0.521. The zero-order valence-electron chi connectivity index (χ0n) is 16.0. The van der Waals surface area contributed by atoms with Crippen LogP contribution in [0.4, 0.5) is 10.5 Å². The maximum Gasteiger partial charge on any atom is 0.293 e. The van der Waals surface area contributed by atoms with Crippen LogP contribution < -0.4 is 4.74 Å². The molecule has 0 aliphatic carbocycles. The zero-order chi connectivity index (χ0) is 21.0. The van der Waals surface area contributed by atoms with Crippen LogP contribution in [0.1, 0.15) is 31.4 Å². The summed E-state index contributed by atoms with van der Waals surface area (Å²) in [4.78, 5) is 37.2. The average Bonchev–Trinajstić information content (AvgIpc) is 2.97. The maximum absolute atomic E-state index is 12.8. The van der Waals surface area contributed by atoms with Gasteiger partial charge in [0.2, 0.25) is 0 Å². The third kappa shape index (κ3) is 4.65. The Kier molecular flexibility index (Phi) is 6.33. The lowest BCUT2D eigenvalue weighted by Gasteiger charge is -2.15. The standard InChI is InChI=1S/C21H20N2O5S/c1-3-14(2)28-18-11-7-5-8-15(18)12-19-20(24)22(21(25)29-19)13-16-9-4-6-10-17(16)23(26)27/h4-12,14H,3,13H2,1-2H3/b19-12+/t14-/m1/s1. The van der Waals surface area contributed by atoms with Gasteiger partial charge < -0.3 is 4.74 Å². The van der Waals surface area contributed by atoms with Crippen LogP contribution in [0.15, 0.2) is 53.4 Å². The topological polar surface area (TPSA) is 89.8 Å². The van der Waals surface area contributed by atoms with Crippen LogP contribution >= 0.6 is 11.8 Å². The van der Waals surface area contributed by atoms with Crippen molar-refractivity contribution in [2.24, 2.45) is 0 Å². The maximum atomic E-state index is 12.8. The van der Waals surface area contributed by atoms with E-state index >= 15 is 0 Å². The molecule has 29 heavy (non-hydrogen) atoms. The summed E-state index contributed by atoms with van der Waals surface area (Å²) < 4.78 is 5.89. The molecule has 150 valence electrons. The van der Waals surface area contributed by atoms with Gasteiger partial charge in [-0.05, 0) is 37.2 Å². The number of nitrogens with zero attached hydrogens (tertiary/aromatic N) is 2. The number of amides is 2. The molecule has 8 heteroatoms. The zero-order valence-corrected chi connectivity index (χ0v) is 16.8. The number of carbonyl (C=O) groups excluding carboxylic acids is 2. The molecule has 1 fully saturated rings. The third-order valence-electron chi connectivity index (χ3n) is 4.50. The molecule has 1 atom stereocenters. The summed E-state index contributed by atoms with van der Waals surface area (Å²) in [6.45, 7) is 3.82. The first-order valence-corrected chi connectivity index (χ1v) is 9.95. The molecule has 1 heterocycles. The van der Waals surface area contributed by atoms with Gasteiger partial charge in [-0.2, -0.15) is 0 Å². The summed E-state index contributed by atoms with van der Waals surface area (Å²) in [5.41, 5.74) is 0.883. The van der Waals surface area contributed by atoms with Gasteiger partial charge in [0, 0.05) is 17.2 Å². The fourth-order valence-corrected chi connectivity index (χ4v) is 3.61. The number of thioether (sulfide) groups is 1. The number of hydrogen-bond acceptors (Lipinski definition) is 6. The normalized spacial score (nSPS) is 16.3. The number of imide groups is 1. The van der Waals surface area contributed by atoms with Gasteiger partial charge in [-0.1, -0.05) is 43.3 Å². The molecule has 0 saturated carbocycles. The SMILES string of the molecule is CC[C@@H](C)Oc1ccccc1/C=C1/SC(=O)N(Cc2ccccc2[N+](=O)[O-])C1=O. The molecule has 1 aliphatic rings. The van der Waals surface area contributed by atoms with E-state index in [2.05, 4.69) is 0 Å². The molecule has 3 rings (SSSR count). The highest BCUT2D eigenvalue weighted by molar-refractivity contribution is 8.18. The Bertz CT molecular complexity index is 989. The lowest BCUT2D eigenvalue weighted by atomic mass is 10.1. The van der Waals surface area contributed by atoms with Gasteiger partial charge in [-0.3, -0.25) is 24.6 Å². The van der Waals surface area contributed by atoms with Gasteiger partial charge in [-0.25, -0.2) is 0 Å². The molecule has 0 aromatic heterocycles. The van der Waals surface area contributed by atoms with E-state index in [4.69, 9.17) is 4.74 Å². The predicted molar refractivity (Wildman–Crippen MR) is 111 cm³/mol. The molecular weight excluding hydrogens is 392 g/mol. The van der Waals surface area contributed by atoms with Gasteiger partial charge in [-0.15, -0.1) is 0 Å². The Labute approximate surface area is 172 Å². The summed E-state index contributed by atoms with van der Waals surface area (Å²) in [5, 5.41) is 10.7. The first kappa shape index (κ1) is 20.6. The predicted octanol–water partition coefficient (Wildman–Crippen LogP) is 5.01. The van der Waals surface area contributed by atoms with Crippen LogP contribution in [-0.4, -0.2) is 27.1 Å². The van der Waals surface area contributed by atoms with Crippen molar-refractivity contribution >= 4 is 34.7 Å². The van der Waals surface area contributed by atoms with Gasteiger partial charge in [0.15, 0.2) is 0 Å². The minimum absolute atomic E-state index is 0.0123. The largest absolute Gasteiger partial charge is 0.490 e. The van der Waals surface area contributed by atoms with E-state index in [9.17, 15) is 19.7 Å². The molecule has 1 aliphatic heterocycles. The van der Waals surface area contributed by atoms with E-state index in [0.717, 1.165) is 23.1 Å². The first-order chi connectivity index (χ1) is 13.9. The summed E-state index contributed by atoms with van der Waals surface area (Å²) in [7, 11) is 0. The average molecular weight is 412 g/mol. The molecule has 2 aromatic rings. The molecule has 0 unspecified atom stereocenters. The first-order valence-electron chi connectivity index (χ1n) is 9.14. The summed E-state index contributed by atoms with van der Waals surface area (Å²) >= 11 is 0.817. The highest BCUT2D eigenvalue weighted by Crippen LogP contribution is 2.36. The monoisotopic (exact) mass is 412 g/mol. The minimum Gasteiger partial charge on any atom is -0.490 e. The number of benzene rings is 2. The molecule has 2 aromatic carbocycles. The number of rotatable bonds is 7. The van der Waals surface area contributed by atoms with Crippen LogP contribution in [0.2, 0.25) is 0 Å². The van der Waals surface area contributed by atoms with Gasteiger partial charge >= 0.3 is 0 Å². The van der Waals surface area contributed by atoms with E-state index in [1.54, 1.807) is 24.3 Å². The van der Waals surface area contributed by atoms with Crippen molar-refractivity contribution in [2.75, 3.05) is 0 Å². The van der Waals surface area contributed by atoms with Crippen molar-refractivity contribution in [3.05, 3.63) is 74.7 Å². The van der Waals surface area contributed by atoms with E-state index in [0.29, 0.717) is 16.9 Å². The fraction of sp³-hybridized carbons (Fsp3) is 0.238. The second-order valence-electron chi connectivity index (χ2n) is 6.53. The molecule has 0 radical (unpaired) electrons. The highest BCUT2D eigenvalue weighted by Gasteiger charge is 2.36. The van der Waals surface area contributed by atoms with E-state index in [1.807, 2.05) is 38.1 Å². The summed E-state index contributed by atoms with van der Waals surface area (Å²) in [6.07, 6.45) is 2.47. The Hall–Kier alpha value is -3.13. The van der Waals surface area contributed by atoms with Crippen LogP contribution in [0.3, 0.4) is 0 Å². The molecule has 0 spiro atoms. The molecule has 1 saturated heterocycles. The van der Waals surface area contributed by atoms with Crippen LogP contribution in [-0.2, 0) is 11.3 Å². The number of ether oxygens (including phenoxy) is 1. The van der Waals surface area contributed by atoms with Crippen molar-refractivity contribution in [3.8, 4) is 5.75 Å². The fourth-order valence-electron chi connectivity index (χ4n) is 2.78. The highest BCUT2D eigenvalue weighted by atomic mass is 32.2. The Morgan fingerprint density at radius 3 is 2.59 bits per heavy atom. The molecule has 2 amide bonds. The summed E-state index contributed by atoms with van der Waals surface area (Å²) in [6, 6.07) is 13.4.